The van der Waals surface area contributed by atoms with E-state index in [1.807, 2.05) is 0 Å². The van der Waals surface area contributed by atoms with Crippen molar-refractivity contribution >= 4 is 11.5 Å². The van der Waals surface area contributed by atoms with Gasteiger partial charge in [0.05, 0.1) is 18.8 Å². The van der Waals surface area contributed by atoms with Crippen molar-refractivity contribution < 1.29 is 13.2 Å². The van der Waals surface area contributed by atoms with Crippen molar-refractivity contribution in [3.8, 4) is 11.1 Å². The van der Waals surface area contributed by atoms with E-state index in [9.17, 15) is 13.2 Å². The summed E-state index contributed by atoms with van der Waals surface area (Å²) in [6.07, 6.45) is -1.64. The molecule has 2 N–H and O–H groups in total. The molecular formula is C15H14F3N3. The molecule has 2 atom stereocenters. The highest BCUT2D eigenvalue weighted by atomic mass is 19.2. The van der Waals surface area contributed by atoms with Gasteiger partial charge in [-0.15, -0.1) is 0 Å². The Balaban J connectivity index is 2.02. The average molecular weight is 293 g/mol. The maximum absolute atomic E-state index is 13.9. The fourth-order valence-electron chi connectivity index (χ4n) is 2.53. The number of hydrogen-bond acceptors (Lipinski definition) is 3. The molecular weight excluding hydrogens is 279 g/mol. The lowest BCUT2D eigenvalue weighted by Crippen LogP contribution is -2.23. The minimum absolute atomic E-state index is 0.0981. The molecule has 1 saturated heterocycles. The fraction of sp³-hybridized carbons (Fsp3) is 0.267. The first-order chi connectivity index (χ1) is 10.1. The maximum Gasteiger partial charge on any atom is 0.152 e. The van der Waals surface area contributed by atoms with Gasteiger partial charge in [0.25, 0.3) is 0 Å². The molecule has 6 heteroatoms. The first-order valence-corrected chi connectivity index (χ1v) is 6.60. The van der Waals surface area contributed by atoms with E-state index in [1.54, 1.807) is 24.3 Å². The van der Waals surface area contributed by atoms with E-state index in [0.717, 1.165) is 0 Å². The number of nitrogens with two attached hydrogens (primary N) is 1. The summed E-state index contributed by atoms with van der Waals surface area (Å²) >= 11 is 0. The number of benzene rings is 1. The highest BCUT2D eigenvalue weighted by Crippen LogP contribution is 2.35. The molecule has 1 aromatic heterocycles. The molecule has 0 unspecified atom stereocenters. The number of alkyl halides is 2. The molecule has 1 aromatic carbocycles. The highest BCUT2D eigenvalue weighted by Gasteiger charge is 2.34. The van der Waals surface area contributed by atoms with Gasteiger partial charge < -0.3 is 10.6 Å². The van der Waals surface area contributed by atoms with Crippen LogP contribution in [0.5, 0.6) is 0 Å². The van der Waals surface area contributed by atoms with Crippen molar-refractivity contribution in [2.24, 2.45) is 0 Å². The van der Waals surface area contributed by atoms with E-state index in [0.29, 0.717) is 16.9 Å². The number of anilines is 2. The average Bonchev–Trinajstić information content (AvgIpc) is 2.80. The van der Waals surface area contributed by atoms with Gasteiger partial charge >= 0.3 is 0 Å². The largest absolute Gasteiger partial charge is 0.395 e. The zero-order valence-electron chi connectivity index (χ0n) is 11.1. The number of nitrogen functional groups attached to an aromatic ring is 1. The van der Waals surface area contributed by atoms with E-state index >= 15 is 0 Å². The van der Waals surface area contributed by atoms with Gasteiger partial charge in [0.1, 0.15) is 5.82 Å². The van der Waals surface area contributed by atoms with Crippen LogP contribution in [-0.2, 0) is 0 Å². The third-order valence-corrected chi connectivity index (χ3v) is 3.61. The molecule has 0 amide bonds. The summed E-state index contributed by atoms with van der Waals surface area (Å²) in [5.74, 6) is -0.118. The summed E-state index contributed by atoms with van der Waals surface area (Å²) in [6.45, 7) is -0.196. The number of aromatic nitrogens is 1. The monoisotopic (exact) mass is 293 g/mol. The van der Waals surface area contributed by atoms with Gasteiger partial charge in [0.2, 0.25) is 0 Å². The fourth-order valence-corrected chi connectivity index (χ4v) is 2.53. The Morgan fingerprint density at radius 1 is 1.05 bits per heavy atom. The summed E-state index contributed by atoms with van der Waals surface area (Å²) < 4.78 is 40.5. The summed E-state index contributed by atoms with van der Waals surface area (Å²) in [5, 5.41) is 0. The summed E-state index contributed by atoms with van der Waals surface area (Å²) in [7, 11) is 0. The number of nitrogens with zero attached hydrogens (tertiary/aromatic N) is 2. The van der Waals surface area contributed by atoms with Crippen molar-refractivity contribution in [2.75, 3.05) is 23.7 Å². The Morgan fingerprint density at radius 3 is 2.38 bits per heavy atom. The molecule has 1 aliphatic rings. The number of halogens is 3. The highest BCUT2D eigenvalue weighted by molar-refractivity contribution is 5.84. The molecule has 0 spiro atoms. The summed E-state index contributed by atoms with van der Waals surface area (Å²) in [6, 6.07) is 7.81. The summed E-state index contributed by atoms with van der Waals surface area (Å²) in [4.78, 5) is 5.54. The standard InChI is InChI=1S/C15H14F3N3/c16-11-4-2-1-3-9(11)10-5-6-20-15(14(10)19)21-7-12(17)13(18)8-21/h1-6,12-13H,7-8,19H2/t12-,13+. The van der Waals surface area contributed by atoms with Gasteiger partial charge in [-0.1, -0.05) is 18.2 Å². The number of pyridine rings is 1. The second kappa shape index (κ2) is 5.27. The topological polar surface area (TPSA) is 42.1 Å². The van der Waals surface area contributed by atoms with E-state index in [4.69, 9.17) is 5.73 Å². The van der Waals surface area contributed by atoms with Crippen molar-refractivity contribution in [1.82, 2.24) is 4.98 Å². The van der Waals surface area contributed by atoms with Gasteiger partial charge in [-0.3, -0.25) is 0 Å². The molecule has 0 aliphatic carbocycles. The Hall–Kier alpha value is -2.24. The van der Waals surface area contributed by atoms with Crippen LogP contribution in [0.4, 0.5) is 24.7 Å². The van der Waals surface area contributed by atoms with Crippen LogP contribution in [0, 0.1) is 5.82 Å². The van der Waals surface area contributed by atoms with Crippen LogP contribution in [0.2, 0.25) is 0 Å². The molecule has 3 rings (SSSR count). The normalized spacial score (nSPS) is 21.8. The van der Waals surface area contributed by atoms with Crippen LogP contribution in [0.3, 0.4) is 0 Å². The molecule has 21 heavy (non-hydrogen) atoms. The third-order valence-electron chi connectivity index (χ3n) is 3.61. The minimum Gasteiger partial charge on any atom is -0.395 e. The lowest BCUT2D eigenvalue weighted by atomic mass is 10.0. The van der Waals surface area contributed by atoms with E-state index < -0.39 is 18.2 Å². The van der Waals surface area contributed by atoms with Gasteiger partial charge in [-0.25, -0.2) is 18.2 Å². The van der Waals surface area contributed by atoms with Gasteiger partial charge in [-0.2, -0.15) is 0 Å². The van der Waals surface area contributed by atoms with Crippen LogP contribution in [-0.4, -0.2) is 30.4 Å². The molecule has 1 fully saturated rings. The molecule has 1 aliphatic heterocycles. The molecule has 2 aromatic rings. The molecule has 0 saturated carbocycles. The zero-order chi connectivity index (χ0) is 15.0. The van der Waals surface area contributed by atoms with Crippen molar-refractivity contribution in [1.29, 1.82) is 0 Å². The Bertz CT molecular complexity index is 652. The van der Waals surface area contributed by atoms with Crippen LogP contribution < -0.4 is 10.6 Å². The van der Waals surface area contributed by atoms with E-state index in [1.165, 1.54) is 17.2 Å². The Kier molecular flexibility index (Phi) is 3.45. The lowest BCUT2D eigenvalue weighted by Gasteiger charge is -2.20. The second-order valence-corrected chi connectivity index (χ2v) is 5.01. The van der Waals surface area contributed by atoms with Crippen LogP contribution in [0.15, 0.2) is 36.5 Å². The second-order valence-electron chi connectivity index (χ2n) is 5.01. The Morgan fingerprint density at radius 2 is 1.71 bits per heavy atom. The first-order valence-electron chi connectivity index (χ1n) is 6.60. The molecule has 2 heterocycles. The minimum atomic E-state index is -1.55. The van der Waals surface area contributed by atoms with E-state index in [-0.39, 0.29) is 18.8 Å². The molecule has 110 valence electrons. The van der Waals surface area contributed by atoms with Gasteiger partial charge in [0.15, 0.2) is 18.2 Å². The van der Waals surface area contributed by atoms with Crippen molar-refractivity contribution in [2.45, 2.75) is 12.3 Å². The van der Waals surface area contributed by atoms with Gasteiger partial charge in [-0.05, 0) is 12.1 Å². The lowest BCUT2D eigenvalue weighted by molar-refractivity contribution is 0.217. The van der Waals surface area contributed by atoms with Crippen molar-refractivity contribution in [3.63, 3.8) is 0 Å². The van der Waals surface area contributed by atoms with E-state index in [2.05, 4.69) is 4.98 Å². The molecule has 0 bridgehead atoms. The number of hydrogen-bond donors (Lipinski definition) is 1. The van der Waals surface area contributed by atoms with Gasteiger partial charge in [0, 0.05) is 17.3 Å². The molecule has 0 radical (unpaired) electrons. The van der Waals surface area contributed by atoms with Crippen LogP contribution in [0.25, 0.3) is 11.1 Å². The first kappa shape index (κ1) is 13.7. The third kappa shape index (κ3) is 2.41. The van der Waals surface area contributed by atoms with Crippen LogP contribution in [0.1, 0.15) is 0 Å². The molecule has 3 nitrogen and oxygen atoms in total. The summed E-state index contributed by atoms with van der Waals surface area (Å²) in [5.41, 5.74) is 7.07. The quantitative estimate of drug-likeness (QED) is 0.925. The SMILES string of the molecule is Nc1c(-c2ccccc2F)ccnc1N1C[C@@H](F)[C@@H](F)C1. The van der Waals surface area contributed by atoms with Crippen LogP contribution >= 0.6 is 0 Å². The smallest absolute Gasteiger partial charge is 0.152 e. The predicted octanol–water partition coefficient (Wildman–Crippen LogP) is 2.97. The Labute approximate surface area is 120 Å². The maximum atomic E-state index is 13.9. The zero-order valence-corrected chi connectivity index (χ0v) is 11.1. The predicted molar refractivity (Wildman–Crippen MR) is 76.0 cm³/mol. The van der Waals surface area contributed by atoms with Crippen molar-refractivity contribution in [3.05, 3.63) is 42.3 Å². The number of rotatable bonds is 2.